The van der Waals surface area contributed by atoms with E-state index in [0.29, 0.717) is 0 Å². The number of hydrogen-bond acceptors (Lipinski definition) is 3. The second-order valence-corrected chi connectivity index (χ2v) is 4.87. The lowest BCUT2D eigenvalue weighted by Crippen LogP contribution is -2.40. The van der Waals surface area contributed by atoms with Gasteiger partial charge in [0.2, 0.25) is 5.91 Å². The summed E-state index contributed by atoms with van der Waals surface area (Å²) >= 11 is 0. The number of rotatable bonds is 2. The summed E-state index contributed by atoms with van der Waals surface area (Å²) in [6.45, 7) is 3.55. The Labute approximate surface area is 108 Å². The van der Waals surface area contributed by atoms with Crippen LogP contribution in [0.3, 0.4) is 0 Å². The average molecular weight is 247 g/mol. The zero-order valence-electron chi connectivity index (χ0n) is 10.9. The van der Waals surface area contributed by atoms with Gasteiger partial charge in [0.25, 0.3) is 0 Å². The Balaban J connectivity index is 2.02. The third-order valence-electron chi connectivity index (χ3n) is 3.46. The molecule has 0 spiro atoms. The highest BCUT2D eigenvalue weighted by Crippen LogP contribution is 2.14. The van der Waals surface area contributed by atoms with Gasteiger partial charge in [-0.05, 0) is 25.6 Å². The van der Waals surface area contributed by atoms with Crippen molar-refractivity contribution in [1.29, 1.82) is 0 Å². The molecular formula is C14H21N3O. The third-order valence-corrected chi connectivity index (χ3v) is 3.46. The molecule has 0 radical (unpaired) electrons. The molecule has 0 aromatic heterocycles. The minimum absolute atomic E-state index is 0.0384. The minimum atomic E-state index is -0.533. The summed E-state index contributed by atoms with van der Waals surface area (Å²) in [5, 5.41) is 0. The first-order valence-corrected chi connectivity index (χ1v) is 6.46. The molecule has 1 atom stereocenters. The summed E-state index contributed by atoms with van der Waals surface area (Å²) in [6, 6.07) is 9.05. The predicted molar refractivity (Wildman–Crippen MR) is 72.1 cm³/mol. The number of carbonyl (C=O) groups is 1. The largest absolute Gasteiger partial charge is 0.340 e. The highest BCUT2D eigenvalue weighted by molar-refractivity contribution is 5.83. The Morgan fingerprint density at radius 3 is 2.61 bits per heavy atom. The SMILES string of the molecule is CN1CCCN(C(=O)C(N)c2ccccc2)CC1. The van der Waals surface area contributed by atoms with E-state index < -0.39 is 6.04 Å². The molecule has 1 aliphatic rings. The molecule has 1 aromatic carbocycles. The maximum absolute atomic E-state index is 12.3. The molecule has 2 N–H and O–H groups in total. The van der Waals surface area contributed by atoms with Gasteiger partial charge in [0.15, 0.2) is 0 Å². The van der Waals surface area contributed by atoms with Crippen molar-refractivity contribution in [2.75, 3.05) is 33.2 Å². The Bertz CT molecular complexity index is 393. The topological polar surface area (TPSA) is 49.6 Å². The fraction of sp³-hybridized carbons (Fsp3) is 0.500. The number of amides is 1. The molecule has 18 heavy (non-hydrogen) atoms. The van der Waals surface area contributed by atoms with Crippen molar-refractivity contribution in [2.45, 2.75) is 12.5 Å². The molecule has 1 aliphatic heterocycles. The van der Waals surface area contributed by atoms with Gasteiger partial charge in [0, 0.05) is 19.6 Å². The van der Waals surface area contributed by atoms with Crippen LogP contribution >= 0.6 is 0 Å². The predicted octanol–water partition coefficient (Wildman–Crippen LogP) is 0.850. The molecule has 98 valence electrons. The standard InChI is InChI=1S/C14H21N3O/c1-16-8-5-9-17(11-10-16)14(18)13(15)12-6-3-2-4-7-12/h2-4,6-7,13H,5,8-11,15H2,1H3. The van der Waals surface area contributed by atoms with E-state index in [2.05, 4.69) is 11.9 Å². The molecule has 1 fully saturated rings. The van der Waals surface area contributed by atoms with Crippen molar-refractivity contribution in [3.8, 4) is 0 Å². The van der Waals surface area contributed by atoms with E-state index in [1.54, 1.807) is 0 Å². The van der Waals surface area contributed by atoms with Crippen LogP contribution in [0.15, 0.2) is 30.3 Å². The third kappa shape index (κ3) is 3.09. The zero-order chi connectivity index (χ0) is 13.0. The number of benzene rings is 1. The summed E-state index contributed by atoms with van der Waals surface area (Å²) in [6.07, 6.45) is 1.02. The quantitative estimate of drug-likeness (QED) is 0.843. The molecule has 1 unspecified atom stereocenters. The highest BCUT2D eigenvalue weighted by atomic mass is 16.2. The van der Waals surface area contributed by atoms with Crippen molar-refractivity contribution in [1.82, 2.24) is 9.80 Å². The molecule has 0 aliphatic carbocycles. The van der Waals surface area contributed by atoms with Crippen LogP contribution in [0, 0.1) is 0 Å². The van der Waals surface area contributed by atoms with E-state index in [1.165, 1.54) is 0 Å². The van der Waals surface area contributed by atoms with Gasteiger partial charge in [-0.25, -0.2) is 0 Å². The van der Waals surface area contributed by atoms with Crippen LogP contribution in [0.2, 0.25) is 0 Å². The second-order valence-electron chi connectivity index (χ2n) is 4.87. The Morgan fingerprint density at radius 2 is 1.89 bits per heavy atom. The minimum Gasteiger partial charge on any atom is -0.340 e. The van der Waals surface area contributed by atoms with E-state index in [-0.39, 0.29) is 5.91 Å². The van der Waals surface area contributed by atoms with E-state index in [1.807, 2.05) is 35.2 Å². The number of nitrogens with zero attached hydrogens (tertiary/aromatic N) is 2. The molecule has 1 aromatic rings. The van der Waals surface area contributed by atoms with Gasteiger partial charge >= 0.3 is 0 Å². The van der Waals surface area contributed by atoms with Gasteiger partial charge in [-0.15, -0.1) is 0 Å². The summed E-state index contributed by atoms with van der Waals surface area (Å²) < 4.78 is 0. The van der Waals surface area contributed by atoms with Crippen molar-refractivity contribution in [3.05, 3.63) is 35.9 Å². The van der Waals surface area contributed by atoms with Gasteiger partial charge in [-0.1, -0.05) is 30.3 Å². The van der Waals surface area contributed by atoms with Crippen molar-refractivity contribution in [3.63, 3.8) is 0 Å². The van der Waals surface area contributed by atoms with Crippen LogP contribution in [0.1, 0.15) is 18.0 Å². The summed E-state index contributed by atoms with van der Waals surface area (Å²) in [5.74, 6) is 0.0384. The fourth-order valence-electron chi connectivity index (χ4n) is 2.27. The normalized spacial score (nSPS) is 19.3. The van der Waals surface area contributed by atoms with Gasteiger partial charge in [-0.3, -0.25) is 4.79 Å². The van der Waals surface area contributed by atoms with Crippen LogP contribution < -0.4 is 5.73 Å². The van der Waals surface area contributed by atoms with Crippen LogP contribution in [-0.2, 0) is 4.79 Å². The molecule has 4 nitrogen and oxygen atoms in total. The average Bonchev–Trinajstić information content (AvgIpc) is 2.63. The van der Waals surface area contributed by atoms with Crippen LogP contribution in [0.25, 0.3) is 0 Å². The molecule has 4 heteroatoms. The number of hydrogen-bond donors (Lipinski definition) is 1. The molecule has 1 amide bonds. The first-order valence-electron chi connectivity index (χ1n) is 6.46. The summed E-state index contributed by atoms with van der Waals surface area (Å²) in [4.78, 5) is 16.5. The van der Waals surface area contributed by atoms with Gasteiger partial charge in [0.1, 0.15) is 6.04 Å². The Kier molecular flexibility index (Phi) is 4.33. The zero-order valence-corrected chi connectivity index (χ0v) is 10.9. The number of nitrogens with two attached hydrogens (primary N) is 1. The number of likely N-dealkylation sites (N-methyl/N-ethyl adjacent to an activating group) is 1. The Morgan fingerprint density at radius 1 is 1.17 bits per heavy atom. The molecule has 1 heterocycles. The molecule has 1 saturated heterocycles. The molecule has 2 rings (SSSR count). The van der Waals surface area contributed by atoms with E-state index in [9.17, 15) is 4.79 Å². The lowest BCUT2D eigenvalue weighted by atomic mass is 10.1. The first-order chi connectivity index (χ1) is 8.68. The second kappa shape index (κ2) is 5.98. The maximum atomic E-state index is 12.3. The fourth-order valence-corrected chi connectivity index (χ4v) is 2.27. The van der Waals surface area contributed by atoms with Crippen molar-refractivity contribution >= 4 is 5.91 Å². The number of carbonyl (C=O) groups excluding carboxylic acids is 1. The smallest absolute Gasteiger partial charge is 0.244 e. The van der Waals surface area contributed by atoms with Gasteiger partial charge in [0.05, 0.1) is 0 Å². The van der Waals surface area contributed by atoms with Crippen LogP contribution in [0.4, 0.5) is 0 Å². The van der Waals surface area contributed by atoms with Crippen LogP contribution in [-0.4, -0.2) is 48.9 Å². The molecule has 0 bridgehead atoms. The molecule has 0 saturated carbocycles. The molecular weight excluding hydrogens is 226 g/mol. The lowest BCUT2D eigenvalue weighted by Gasteiger charge is -2.24. The van der Waals surface area contributed by atoms with Crippen molar-refractivity contribution < 1.29 is 4.79 Å². The highest BCUT2D eigenvalue weighted by Gasteiger charge is 2.23. The Hall–Kier alpha value is -1.39. The monoisotopic (exact) mass is 247 g/mol. The first kappa shape index (κ1) is 13.1. The van der Waals surface area contributed by atoms with Crippen molar-refractivity contribution in [2.24, 2.45) is 5.73 Å². The lowest BCUT2D eigenvalue weighted by molar-refractivity contribution is -0.132. The summed E-state index contributed by atoms with van der Waals surface area (Å²) in [5.41, 5.74) is 6.94. The summed E-state index contributed by atoms with van der Waals surface area (Å²) in [7, 11) is 2.09. The maximum Gasteiger partial charge on any atom is 0.244 e. The van der Waals surface area contributed by atoms with E-state index >= 15 is 0 Å². The van der Waals surface area contributed by atoms with Gasteiger partial charge < -0.3 is 15.5 Å². The van der Waals surface area contributed by atoms with Gasteiger partial charge in [-0.2, -0.15) is 0 Å². The van der Waals surface area contributed by atoms with Crippen LogP contribution in [0.5, 0.6) is 0 Å². The van der Waals surface area contributed by atoms with E-state index in [0.717, 1.165) is 38.2 Å². The van der Waals surface area contributed by atoms with E-state index in [4.69, 9.17) is 5.73 Å².